The Morgan fingerprint density at radius 3 is 2.86 bits per heavy atom. The Balaban J connectivity index is 1.95. The molecule has 0 saturated heterocycles. The Morgan fingerprint density at radius 1 is 1.29 bits per heavy atom. The van der Waals surface area contributed by atoms with Crippen LogP contribution < -0.4 is 5.32 Å². The van der Waals surface area contributed by atoms with E-state index >= 15 is 0 Å². The number of benzene rings is 1. The number of imidazole rings is 1. The number of aromatic nitrogens is 2. The smallest absolute Gasteiger partial charge is 0.143 e. The lowest BCUT2D eigenvalue weighted by Crippen LogP contribution is -2.16. The van der Waals surface area contributed by atoms with Gasteiger partial charge in [-0.25, -0.2) is 4.98 Å². The lowest BCUT2D eigenvalue weighted by molar-refractivity contribution is 0.488. The lowest BCUT2D eigenvalue weighted by Gasteiger charge is -2.18. The van der Waals surface area contributed by atoms with Crippen LogP contribution in [0.15, 0.2) is 59.5 Å². The van der Waals surface area contributed by atoms with E-state index in [2.05, 4.69) is 41.5 Å². The molecule has 0 spiro atoms. The van der Waals surface area contributed by atoms with Gasteiger partial charge in [-0.3, -0.25) is 0 Å². The van der Waals surface area contributed by atoms with E-state index in [0.29, 0.717) is 0 Å². The largest absolute Gasteiger partial charge is 0.467 e. The summed E-state index contributed by atoms with van der Waals surface area (Å²) in [5.74, 6) is 1.78. The number of hydrogen-bond donors (Lipinski definition) is 1. The highest BCUT2D eigenvalue weighted by atomic mass is 16.3. The average molecular weight is 281 g/mol. The van der Waals surface area contributed by atoms with Gasteiger partial charge in [0.1, 0.15) is 17.6 Å². The van der Waals surface area contributed by atoms with Gasteiger partial charge in [0.15, 0.2) is 0 Å². The molecule has 1 N–H and O–H groups in total. The van der Waals surface area contributed by atoms with Crippen LogP contribution in [0, 0.1) is 0 Å². The van der Waals surface area contributed by atoms with E-state index in [1.807, 2.05) is 29.9 Å². The number of nitrogens with one attached hydrogen (secondary N) is 1. The highest BCUT2D eigenvalue weighted by Gasteiger charge is 2.20. The zero-order valence-electron chi connectivity index (χ0n) is 12.3. The number of furan rings is 1. The molecular weight excluding hydrogens is 262 g/mol. The van der Waals surface area contributed by atoms with Gasteiger partial charge in [-0.05, 0) is 36.2 Å². The van der Waals surface area contributed by atoms with Crippen LogP contribution in [0.5, 0.6) is 0 Å². The van der Waals surface area contributed by atoms with E-state index in [9.17, 15) is 0 Å². The molecule has 0 amide bonds. The highest BCUT2D eigenvalue weighted by molar-refractivity contribution is 5.48. The summed E-state index contributed by atoms with van der Waals surface area (Å²) in [6.07, 6.45) is 6.45. The summed E-state index contributed by atoms with van der Waals surface area (Å²) >= 11 is 0. The molecule has 0 radical (unpaired) electrons. The molecule has 1 aromatic carbocycles. The molecule has 4 nitrogen and oxygen atoms in total. The van der Waals surface area contributed by atoms with Crippen LogP contribution in [0.1, 0.15) is 30.1 Å². The van der Waals surface area contributed by atoms with Crippen LogP contribution in [0.3, 0.4) is 0 Å². The van der Waals surface area contributed by atoms with Crippen molar-refractivity contribution in [1.82, 2.24) is 9.55 Å². The van der Waals surface area contributed by atoms with E-state index in [-0.39, 0.29) is 6.04 Å². The molecule has 1 unspecified atom stereocenters. The topological polar surface area (TPSA) is 43.0 Å². The van der Waals surface area contributed by atoms with Crippen molar-refractivity contribution in [2.24, 2.45) is 7.05 Å². The predicted octanol–water partition coefficient (Wildman–Crippen LogP) is 3.78. The summed E-state index contributed by atoms with van der Waals surface area (Å²) in [6, 6.07) is 12.2. The Labute approximate surface area is 124 Å². The molecule has 0 aliphatic heterocycles. The molecule has 0 aliphatic rings. The van der Waals surface area contributed by atoms with E-state index in [1.54, 1.807) is 12.5 Å². The number of nitrogens with zero attached hydrogens (tertiary/aromatic N) is 2. The maximum absolute atomic E-state index is 5.59. The molecule has 0 fully saturated rings. The third-order valence-corrected chi connectivity index (χ3v) is 3.59. The molecule has 3 rings (SSSR count). The van der Waals surface area contributed by atoms with Crippen molar-refractivity contribution in [3.8, 4) is 0 Å². The van der Waals surface area contributed by atoms with Crippen LogP contribution in [0.4, 0.5) is 5.69 Å². The second kappa shape index (κ2) is 5.87. The second-order valence-electron chi connectivity index (χ2n) is 5.04. The van der Waals surface area contributed by atoms with Gasteiger partial charge in [-0.2, -0.15) is 0 Å². The van der Waals surface area contributed by atoms with Crippen molar-refractivity contribution in [1.29, 1.82) is 0 Å². The molecule has 21 heavy (non-hydrogen) atoms. The average Bonchev–Trinajstić information content (AvgIpc) is 3.17. The maximum Gasteiger partial charge on any atom is 0.143 e. The van der Waals surface area contributed by atoms with Crippen molar-refractivity contribution in [2.75, 3.05) is 5.32 Å². The monoisotopic (exact) mass is 281 g/mol. The fourth-order valence-corrected chi connectivity index (χ4v) is 2.42. The summed E-state index contributed by atoms with van der Waals surface area (Å²) < 4.78 is 7.59. The van der Waals surface area contributed by atoms with Gasteiger partial charge in [0.2, 0.25) is 0 Å². The first kappa shape index (κ1) is 13.5. The molecule has 4 heteroatoms. The Kier molecular flexibility index (Phi) is 3.77. The Morgan fingerprint density at radius 2 is 2.19 bits per heavy atom. The van der Waals surface area contributed by atoms with Crippen molar-refractivity contribution in [2.45, 2.75) is 19.4 Å². The number of hydrogen-bond acceptors (Lipinski definition) is 3. The van der Waals surface area contributed by atoms with Crippen molar-refractivity contribution < 1.29 is 4.42 Å². The van der Waals surface area contributed by atoms with E-state index in [1.165, 1.54) is 5.56 Å². The van der Waals surface area contributed by atoms with Gasteiger partial charge in [-0.15, -0.1) is 0 Å². The van der Waals surface area contributed by atoms with Crippen molar-refractivity contribution in [3.05, 3.63) is 72.2 Å². The summed E-state index contributed by atoms with van der Waals surface area (Å²) in [6.45, 7) is 2.15. The number of aryl methyl sites for hydroxylation is 2. The Hall–Kier alpha value is -2.49. The molecular formula is C17H19N3O. The second-order valence-corrected chi connectivity index (χ2v) is 5.04. The van der Waals surface area contributed by atoms with E-state index in [0.717, 1.165) is 23.7 Å². The molecule has 0 saturated carbocycles. The van der Waals surface area contributed by atoms with Gasteiger partial charge in [0.25, 0.3) is 0 Å². The van der Waals surface area contributed by atoms with Crippen LogP contribution in [0.2, 0.25) is 0 Å². The fraction of sp³-hybridized carbons (Fsp3) is 0.235. The predicted molar refractivity (Wildman–Crippen MR) is 83.2 cm³/mol. The van der Waals surface area contributed by atoms with Gasteiger partial charge in [0.05, 0.1) is 6.26 Å². The SMILES string of the molecule is CCc1cccc(NC(c2ccco2)c2nccn2C)c1. The minimum Gasteiger partial charge on any atom is -0.467 e. The number of rotatable bonds is 5. The fourth-order valence-electron chi connectivity index (χ4n) is 2.42. The summed E-state index contributed by atoms with van der Waals surface area (Å²) in [4.78, 5) is 4.45. The van der Waals surface area contributed by atoms with Crippen LogP contribution in [-0.2, 0) is 13.5 Å². The quantitative estimate of drug-likeness (QED) is 0.774. The Bertz CT molecular complexity index is 700. The number of anilines is 1. The molecule has 1 atom stereocenters. The summed E-state index contributed by atoms with van der Waals surface area (Å²) in [5, 5.41) is 3.52. The first-order chi connectivity index (χ1) is 10.3. The minimum atomic E-state index is -0.105. The molecule has 3 aromatic rings. The maximum atomic E-state index is 5.59. The van der Waals surface area contributed by atoms with Gasteiger partial charge in [-0.1, -0.05) is 19.1 Å². The van der Waals surface area contributed by atoms with Crippen molar-refractivity contribution >= 4 is 5.69 Å². The summed E-state index contributed by atoms with van der Waals surface area (Å²) in [7, 11) is 1.99. The molecule has 2 aromatic heterocycles. The minimum absolute atomic E-state index is 0.105. The van der Waals surface area contributed by atoms with Crippen molar-refractivity contribution in [3.63, 3.8) is 0 Å². The standard InChI is InChI=1S/C17H19N3O/c1-3-13-6-4-7-14(12-13)19-16(15-8-5-11-21-15)17-18-9-10-20(17)2/h4-12,16,19H,3H2,1-2H3. The zero-order valence-corrected chi connectivity index (χ0v) is 12.3. The molecule has 2 heterocycles. The first-order valence-electron chi connectivity index (χ1n) is 7.14. The highest BCUT2D eigenvalue weighted by Crippen LogP contribution is 2.26. The normalized spacial score (nSPS) is 12.3. The lowest BCUT2D eigenvalue weighted by atomic mass is 10.1. The molecule has 0 bridgehead atoms. The van der Waals surface area contributed by atoms with E-state index < -0.39 is 0 Å². The van der Waals surface area contributed by atoms with E-state index in [4.69, 9.17) is 4.42 Å². The van der Waals surface area contributed by atoms with Gasteiger partial charge in [0, 0.05) is 25.1 Å². The third kappa shape index (κ3) is 2.84. The molecule has 0 aliphatic carbocycles. The zero-order chi connectivity index (χ0) is 14.7. The van der Waals surface area contributed by atoms with Crippen LogP contribution >= 0.6 is 0 Å². The molecule has 108 valence electrons. The van der Waals surface area contributed by atoms with Crippen LogP contribution in [-0.4, -0.2) is 9.55 Å². The summed E-state index contributed by atoms with van der Waals surface area (Å²) in [5.41, 5.74) is 2.37. The van der Waals surface area contributed by atoms with Gasteiger partial charge < -0.3 is 14.3 Å². The van der Waals surface area contributed by atoms with Crippen LogP contribution in [0.25, 0.3) is 0 Å². The first-order valence-corrected chi connectivity index (χ1v) is 7.14. The third-order valence-electron chi connectivity index (χ3n) is 3.59. The van der Waals surface area contributed by atoms with Gasteiger partial charge >= 0.3 is 0 Å².